The Hall–Kier alpha value is 0.160. The molecular formula is C6H12INO2. The molecule has 3 nitrogen and oxygen atoms in total. The molecule has 1 unspecified atom stereocenters. The number of alkyl halides is 1. The van der Waals surface area contributed by atoms with E-state index in [0.717, 1.165) is 0 Å². The van der Waals surface area contributed by atoms with Crippen molar-refractivity contribution in [1.29, 1.82) is 0 Å². The van der Waals surface area contributed by atoms with E-state index in [9.17, 15) is 4.79 Å². The van der Waals surface area contributed by atoms with Gasteiger partial charge in [-0.3, -0.25) is 10.5 Å². The molecule has 2 N–H and O–H groups in total. The zero-order valence-electron chi connectivity index (χ0n) is 6.19. The van der Waals surface area contributed by atoms with Crippen LogP contribution in [0.4, 0.5) is 0 Å². The second-order valence-electron chi connectivity index (χ2n) is 2.15. The van der Waals surface area contributed by atoms with Crippen molar-refractivity contribution >= 4 is 28.6 Å². The SMILES string of the molecule is CCC(N)(CI)OC(C)=O. The van der Waals surface area contributed by atoms with Gasteiger partial charge in [-0.15, -0.1) is 0 Å². The molecule has 0 saturated heterocycles. The molecule has 0 aliphatic carbocycles. The summed E-state index contributed by atoms with van der Waals surface area (Å²) in [6.45, 7) is 3.26. The minimum Gasteiger partial charge on any atom is -0.444 e. The Morgan fingerprint density at radius 2 is 2.30 bits per heavy atom. The van der Waals surface area contributed by atoms with Gasteiger partial charge in [0.2, 0.25) is 0 Å². The fourth-order valence-corrected chi connectivity index (χ4v) is 1.18. The van der Waals surface area contributed by atoms with Crippen LogP contribution >= 0.6 is 22.6 Å². The maximum Gasteiger partial charge on any atom is 0.304 e. The highest BCUT2D eigenvalue weighted by Gasteiger charge is 2.23. The van der Waals surface area contributed by atoms with Crippen LogP contribution in [0.2, 0.25) is 0 Å². The molecule has 0 aromatic rings. The molecular weight excluding hydrogens is 245 g/mol. The Balaban J connectivity index is 3.92. The van der Waals surface area contributed by atoms with Crippen LogP contribution in [0.5, 0.6) is 0 Å². The van der Waals surface area contributed by atoms with E-state index in [2.05, 4.69) is 22.6 Å². The van der Waals surface area contributed by atoms with Crippen LogP contribution in [0.3, 0.4) is 0 Å². The van der Waals surface area contributed by atoms with E-state index in [4.69, 9.17) is 10.5 Å². The maximum absolute atomic E-state index is 10.5. The van der Waals surface area contributed by atoms with Crippen molar-refractivity contribution in [2.45, 2.75) is 26.0 Å². The number of carbonyl (C=O) groups is 1. The molecule has 0 aromatic carbocycles. The minimum absolute atomic E-state index is 0.319. The fraction of sp³-hybridized carbons (Fsp3) is 0.833. The smallest absolute Gasteiger partial charge is 0.304 e. The van der Waals surface area contributed by atoms with Crippen LogP contribution < -0.4 is 5.73 Å². The first-order valence-electron chi connectivity index (χ1n) is 3.08. The summed E-state index contributed by atoms with van der Waals surface area (Å²) in [6.07, 6.45) is 0.648. The first-order chi connectivity index (χ1) is 4.54. The van der Waals surface area contributed by atoms with Crippen molar-refractivity contribution in [1.82, 2.24) is 0 Å². The van der Waals surface area contributed by atoms with E-state index >= 15 is 0 Å². The Morgan fingerprint density at radius 3 is 2.40 bits per heavy atom. The topological polar surface area (TPSA) is 52.3 Å². The van der Waals surface area contributed by atoms with Crippen molar-refractivity contribution in [2.75, 3.05) is 4.43 Å². The highest BCUT2D eigenvalue weighted by molar-refractivity contribution is 14.1. The van der Waals surface area contributed by atoms with E-state index in [1.54, 1.807) is 0 Å². The van der Waals surface area contributed by atoms with Crippen molar-refractivity contribution < 1.29 is 9.53 Å². The Labute approximate surface area is 74.4 Å². The third kappa shape index (κ3) is 3.36. The number of ether oxygens (including phenoxy) is 1. The molecule has 0 aliphatic heterocycles. The third-order valence-corrected chi connectivity index (χ3v) is 2.46. The zero-order chi connectivity index (χ0) is 8.20. The summed E-state index contributed by atoms with van der Waals surface area (Å²) in [5.74, 6) is -0.319. The predicted octanol–water partition coefficient (Wildman–Crippen LogP) is 1.05. The average molecular weight is 257 g/mol. The molecule has 0 rings (SSSR count). The second-order valence-corrected chi connectivity index (χ2v) is 2.91. The standard InChI is InChI=1S/C6H12INO2/c1-3-6(8,4-7)10-5(2)9/h3-4,8H2,1-2H3. The summed E-state index contributed by atoms with van der Waals surface area (Å²) < 4.78 is 5.49. The lowest BCUT2D eigenvalue weighted by molar-refractivity contribution is -0.154. The highest BCUT2D eigenvalue weighted by Crippen LogP contribution is 2.11. The van der Waals surface area contributed by atoms with Gasteiger partial charge in [0.15, 0.2) is 5.72 Å². The van der Waals surface area contributed by atoms with Gasteiger partial charge in [-0.1, -0.05) is 29.5 Å². The van der Waals surface area contributed by atoms with Crippen LogP contribution in [0.1, 0.15) is 20.3 Å². The van der Waals surface area contributed by atoms with Crippen molar-refractivity contribution in [3.8, 4) is 0 Å². The number of carbonyl (C=O) groups excluding carboxylic acids is 1. The van der Waals surface area contributed by atoms with Gasteiger partial charge in [0.25, 0.3) is 0 Å². The lowest BCUT2D eigenvalue weighted by atomic mass is 10.2. The fourth-order valence-electron chi connectivity index (χ4n) is 0.480. The van der Waals surface area contributed by atoms with Gasteiger partial charge in [0.05, 0.1) is 4.43 Å². The number of rotatable bonds is 3. The molecule has 60 valence electrons. The Morgan fingerprint density at radius 1 is 1.80 bits per heavy atom. The molecule has 0 bridgehead atoms. The van der Waals surface area contributed by atoms with E-state index < -0.39 is 5.72 Å². The van der Waals surface area contributed by atoms with Gasteiger partial charge in [-0.2, -0.15) is 0 Å². The monoisotopic (exact) mass is 257 g/mol. The summed E-state index contributed by atoms with van der Waals surface area (Å²) in [5, 5.41) is 0. The van der Waals surface area contributed by atoms with Gasteiger partial charge >= 0.3 is 5.97 Å². The second kappa shape index (κ2) is 4.12. The number of hydrogen-bond acceptors (Lipinski definition) is 3. The molecule has 4 heteroatoms. The Kier molecular flexibility index (Phi) is 4.19. The van der Waals surface area contributed by atoms with Gasteiger partial charge < -0.3 is 4.74 Å². The van der Waals surface area contributed by atoms with E-state index in [1.165, 1.54) is 6.92 Å². The molecule has 0 aromatic heterocycles. The Bertz CT molecular complexity index is 123. The average Bonchev–Trinajstić information content (AvgIpc) is 1.87. The minimum atomic E-state index is -0.758. The van der Waals surface area contributed by atoms with Crippen LogP contribution in [0, 0.1) is 0 Å². The number of esters is 1. The van der Waals surface area contributed by atoms with Gasteiger partial charge in [-0.05, 0) is 6.42 Å². The molecule has 0 amide bonds. The van der Waals surface area contributed by atoms with Crippen LogP contribution in [-0.2, 0) is 9.53 Å². The normalized spacial score (nSPS) is 16.0. The molecule has 0 saturated carbocycles. The summed E-state index contributed by atoms with van der Waals surface area (Å²) in [4.78, 5) is 10.5. The van der Waals surface area contributed by atoms with E-state index in [0.29, 0.717) is 10.8 Å². The number of hydrogen-bond donors (Lipinski definition) is 1. The number of halogens is 1. The van der Waals surface area contributed by atoms with E-state index in [1.807, 2.05) is 6.92 Å². The van der Waals surface area contributed by atoms with Crippen LogP contribution in [0.15, 0.2) is 0 Å². The summed E-state index contributed by atoms with van der Waals surface area (Å²) in [6, 6.07) is 0. The van der Waals surface area contributed by atoms with Gasteiger partial charge in [-0.25, -0.2) is 0 Å². The quantitative estimate of drug-likeness (QED) is 0.356. The third-order valence-electron chi connectivity index (χ3n) is 1.17. The lowest BCUT2D eigenvalue weighted by Crippen LogP contribution is -2.45. The number of nitrogens with two attached hydrogens (primary N) is 1. The predicted molar refractivity (Wildman–Crippen MR) is 47.9 cm³/mol. The summed E-state index contributed by atoms with van der Waals surface area (Å²) in [7, 11) is 0. The van der Waals surface area contributed by atoms with Gasteiger partial charge in [0.1, 0.15) is 0 Å². The largest absolute Gasteiger partial charge is 0.444 e. The van der Waals surface area contributed by atoms with Crippen LogP contribution in [-0.4, -0.2) is 16.1 Å². The molecule has 0 fully saturated rings. The lowest BCUT2D eigenvalue weighted by Gasteiger charge is -2.24. The molecule has 0 radical (unpaired) electrons. The van der Waals surface area contributed by atoms with Crippen molar-refractivity contribution in [3.05, 3.63) is 0 Å². The van der Waals surface area contributed by atoms with Crippen LogP contribution in [0.25, 0.3) is 0 Å². The zero-order valence-corrected chi connectivity index (χ0v) is 8.34. The van der Waals surface area contributed by atoms with Crippen molar-refractivity contribution in [2.24, 2.45) is 5.73 Å². The molecule has 1 atom stereocenters. The first kappa shape index (κ1) is 10.2. The van der Waals surface area contributed by atoms with Gasteiger partial charge in [0, 0.05) is 6.92 Å². The summed E-state index contributed by atoms with van der Waals surface area (Å²) in [5.41, 5.74) is 4.89. The van der Waals surface area contributed by atoms with E-state index in [-0.39, 0.29) is 5.97 Å². The first-order valence-corrected chi connectivity index (χ1v) is 4.61. The highest BCUT2D eigenvalue weighted by atomic mass is 127. The summed E-state index contributed by atoms with van der Waals surface area (Å²) >= 11 is 2.10. The molecule has 10 heavy (non-hydrogen) atoms. The maximum atomic E-state index is 10.5. The molecule has 0 aliphatic rings. The molecule has 0 spiro atoms. The molecule has 0 heterocycles. The van der Waals surface area contributed by atoms with Crippen molar-refractivity contribution in [3.63, 3.8) is 0 Å².